The van der Waals surface area contributed by atoms with Crippen LogP contribution in [-0.4, -0.2) is 14.5 Å². The molecular weight excluding hydrogens is 378 g/mol. The van der Waals surface area contributed by atoms with Gasteiger partial charge in [-0.05, 0) is 18.2 Å². The molecule has 3 nitrogen and oxygen atoms in total. The molecule has 0 aliphatic rings. The maximum absolute atomic E-state index is 5.10. The summed E-state index contributed by atoms with van der Waals surface area (Å²) in [6.45, 7) is 0. The minimum absolute atomic E-state index is 0.729. The predicted octanol–water partition coefficient (Wildman–Crippen LogP) is 6.91. The fourth-order valence-electron chi connectivity index (χ4n) is 4.21. The lowest BCUT2D eigenvalue weighted by Crippen LogP contribution is -1.99. The first-order valence-electron chi connectivity index (χ1n) is 10.4. The number of benzene rings is 4. The second kappa shape index (κ2) is 7.22. The van der Waals surface area contributed by atoms with E-state index in [-0.39, 0.29) is 0 Å². The maximum atomic E-state index is 5.10. The molecule has 31 heavy (non-hydrogen) atoms. The topological polar surface area (TPSA) is 30.7 Å². The summed E-state index contributed by atoms with van der Waals surface area (Å²) in [4.78, 5) is 10.2. The molecule has 2 aromatic heterocycles. The molecule has 0 aliphatic heterocycles. The van der Waals surface area contributed by atoms with Crippen LogP contribution < -0.4 is 0 Å². The molecule has 0 radical (unpaired) electrons. The highest BCUT2D eigenvalue weighted by Gasteiger charge is 2.20. The van der Waals surface area contributed by atoms with E-state index >= 15 is 0 Å². The van der Waals surface area contributed by atoms with Crippen LogP contribution in [0.5, 0.6) is 0 Å². The van der Waals surface area contributed by atoms with Crippen molar-refractivity contribution in [3.05, 3.63) is 115 Å². The second-order valence-electron chi connectivity index (χ2n) is 7.51. The van der Waals surface area contributed by atoms with Crippen molar-refractivity contribution in [2.24, 2.45) is 0 Å². The molecule has 3 heteroatoms. The van der Waals surface area contributed by atoms with Gasteiger partial charge in [0.15, 0.2) is 5.82 Å². The Morgan fingerprint density at radius 1 is 0.516 bits per heavy atom. The largest absolute Gasteiger partial charge is 0.294 e. The Morgan fingerprint density at radius 2 is 1.10 bits per heavy atom. The summed E-state index contributed by atoms with van der Waals surface area (Å²) in [5, 5.41) is 2.23. The highest BCUT2D eigenvalue weighted by Crippen LogP contribution is 2.37. The van der Waals surface area contributed by atoms with E-state index in [1.165, 1.54) is 0 Å². The Hall–Kier alpha value is -4.24. The maximum Gasteiger partial charge on any atom is 0.162 e. The van der Waals surface area contributed by atoms with Gasteiger partial charge in [0.05, 0.1) is 16.6 Å². The van der Waals surface area contributed by atoms with E-state index in [0.29, 0.717) is 0 Å². The van der Waals surface area contributed by atoms with Gasteiger partial charge >= 0.3 is 0 Å². The first kappa shape index (κ1) is 17.6. The number of para-hydroxylation sites is 2. The smallest absolute Gasteiger partial charge is 0.162 e. The Bertz CT molecular complexity index is 1500. The number of fused-ring (bicyclic) bond motifs is 3. The number of hydrogen-bond acceptors (Lipinski definition) is 2. The van der Waals surface area contributed by atoms with Gasteiger partial charge in [0.25, 0.3) is 0 Å². The summed E-state index contributed by atoms with van der Waals surface area (Å²) in [5.74, 6) is 0.729. The lowest BCUT2D eigenvalue weighted by molar-refractivity contribution is 1.11. The number of aromatic nitrogens is 3. The van der Waals surface area contributed by atoms with Crippen LogP contribution in [0.15, 0.2) is 115 Å². The van der Waals surface area contributed by atoms with Gasteiger partial charge in [0, 0.05) is 22.2 Å². The van der Waals surface area contributed by atoms with Gasteiger partial charge in [0.1, 0.15) is 5.65 Å². The Kier molecular flexibility index (Phi) is 4.10. The van der Waals surface area contributed by atoms with Crippen molar-refractivity contribution < 1.29 is 0 Å². The zero-order valence-corrected chi connectivity index (χ0v) is 16.8. The van der Waals surface area contributed by atoms with Crippen molar-refractivity contribution in [2.75, 3.05) is 0 Å². The van der Waals surface area contributed by atoms with Gasteiger partial charge in [-0.1, -0.05) is 97.1 Å². The molecule has 0 atom stereocenters. The molecule has 0 unspecified atom stereocenters. The molecule has 6 aromatic rings. The van der Waals surface area contributed by atoms with E-state index in [0.717, 1.165) is 50.3 Å². The van der Waals surface area contributed by atoms with Gasteiger partial charge in [-0.3, -0.25) is 4.57 Å². The van der Waals surface area contributed by atoms with E-state index in [1.807, 2.05) is 30.3 Å². The fourth-order valence-corrected chi connectivity index (χ4v) is 4.21. The van der Waals surface area contributed by atoms with Crippen molar-refractivity contribution in [1.29, 1.82) is 0 Å². The predicted molar refractivity (Wildman–Crippen MR) is 127 cm³/mol. The third-order valence-corrected chi connectivity index (χ3v) is 5.61. The monoisotopic (exact) mass is 397 g/mol. The zero-order valence-electron chi connectivity index (χ0n) is 16.8. The second-order valence-corrected chi connectivity index (χ2v) is 7.51. The van der Waals surface area contributed by atoms with E-state index < -0.39 is 0 Å². The van der Waals surface area contributed by atoms with Gasteiger partial charge in [0.2, 0.25) is 0 Å². The van der Waals surface area contributed by atoms with Crippen LogP contribution in [0.1, 0.15) is 0 Å². The zero-order chi connectivity index (χ0) is 20.6. The molecule has 146 valence electrons. The summed E-state index contributed by atoms with van der Waals surface area (Å²) < 4.78 is 2.24. The standard InChI is InChI=1S/C28H19N3/c1-4-12-20(13-5-1)26-25-23-18-10-11-19-24(23)31(22-16-8-3-9-17-22)28(25)30-27(29-26)21-14-6-2-7-15-21/h1-19H. The summed E-state index contributed by atoms with van der Waals surface area (Å²) >= 11 is 0. The van der Waals surface area contributed by atoms with Crippen LogP contribution in [-0.2, 0) is 0 Å². The highest BCUT2D eigenvalue weighted by molar-refractivity contribution is 6.14. The molecule has 4 aromatic carbocycles. The van der Waals surface area contributed by atoms with E-state index in [2.05, 4.69) is 89.5 Å². The van der Waals surface area contributed by atoms with Gasteiger partial charge in [-0.15, -0.1) is 0 Å². The van der Waals surface area contributed by atoms with Crippen LogP contribution in [0.2, 0.25) is 0 Å². The van der Waals surface area contributed by atoms with E-state index in [9.17, 15) is 0 Å². The molecular formula is C28H19N3. The fraction of sp³-hybridized carbons (Fsp3) is 0. The molecule has 0 spiro atoms. The van der Waals surface area contributed by atoms with Crippen molar-refractivity contribution >= 4 is 21.9 Å². The van der Waals surface area contributed by atoms with Crippen LogP contribution in [0, 0.1) is 0 Å². The van der Waals surface area contributed by atoms with E-state index in [4.69, 9.17) is 9.97 Å². The minimum atomic E-state index is 0.729. The van der Waals surface area contributed by atoms with Gasteiger partial charge in [-0.25, -0.2) is 9.97 Å². The van der Waals surface area contributed by atoms with Crippen molar-refractivity contribution in [3.63, 3.8) is 0 Å². The van der Waals surface area contributed by atoms with Crippen molar-refractivity contribution in [1.82, 2.24) is 14.5 Å². The Balaban J connectivity index is 1.81. The lowest BCUT2D eigenvalue weighted by Gasteiger charge is -2.10. The van der Waals surface area contributed by atoms with Crippen molar-refractivity contribution in [2.45, 2.75) is 0 Å². The Morgan fingerprint density at radius 3 is 1.81 bits per heavy atom. The van der Waals surface area contributed by atoms with Gasteiger partial charge in [-0.2, -0.15) is 0 Å². The number of hydrogen-bond donors (Lipinski definition) is 0. The molecule has 0 saturated carbocycles. The summed E-state index contributed by atoms with van der Waals surface area (Å²) in [7, 11) is 0. The molecule has 0 amide bonds. The molecule has 0 aliphatic carbocycles. The van der Waals surface area contributed by atoms with E-state index in [1.54, 1.807) is 0 Å². The average Bonchev–Trinajstić information content (AvgIpc) is 3.19. The average molecular weight is 397 g/mol. The van der Waals surface area contributed by atoms with Crippen LogP contribution in [0.25, 0.3) is 50.3 Å². The van der Waals surface area contributed by atoms with Crippen molar-refractivity contribution in [3.8, 4) is 28.3 Å². The first-order valence-corrected chi connectivity index (χ1v) is 10.4. The third kappa shape index (κ3) is 2.90. The summed E-state index contributed by atoms with van der Waals surface area (Å²) in [6.07, 6.45) is 0. The quantitative estimate of drug-likeness (QED) is 0.325. The van der Waals surface area contributed by atoms with Gasteiger partial charge < -0.3 is 0 Å². The molecule has 0 bridgehead atoms. The highest BCUT2D eigenvalue weighted by atomic mass is 15.1. The third-order valence-electron chi connectivity index (χ3n) is 5.61. The normalized spacial score (nSPS) is 11.2. The molecule has 2 heterocycles. The molecule has 0 fully saturated rings. The Labute approximate surface area is 180 Å². The number of rotatable bonds is 3. The minimum Gasteiger partial charge on any atom is -0.294 e. The van der Waals surface area contributed by atoms with Crippen LogP contribution in [0.3, 0.4) is 0 Å². The summed E-state index contributed by atoms with van der Waals surface area (Å²) in [5.41, 5.74) is 6.18. The molecule has 0 saturated heterocycles. The molecule has 6 rings (SSSR count). The number of nitrogens with zero attached hydrogens (tertiary/aromatic N) is 3. The lowest BCUT2D eigenvalue weighted by atomic mass is 10.1. The summed E-state index contributed by atoms with van der Waals surface area (Å²) in [6, 6.07) is 39.5. The first-order chi connectivity index (χ1) is 15.4. The SMILES string of the molecule is c1ccc(-c2nc(-c3ccccc3)c3c4ccccc4n(-c4ccccc4)c3n2)cc1. The van der Waals surface area contributed by atoms with Crippen LogP contribution >= 0.6 is 0 Å². The van der Waals surface area contributed by atoms with Crippen LogP contribution in [0.4, 0.5) is 0 Å². The molecule has 0 N–H and O–H groups in total.